The number of methoxy groups -OCH3 is 1. The standard InChI is InChI=1S/C18H26N4O4/c1-12(18(24)25-2)20-16(23)14-10-19-15(22-8-3-4-9-22)17(21-14)26-11-13-6-5-7-13/h10,12-13H,3-9,11H2,1-2H3,(H,20,23)/t12-/m0/s1. The second kappa shape index (κ2) is 8.33. The minimum absolute atomic E-state index is 0.132. The van der Waals surface area contributed by atoms with Gasteiger partial charge in [-0.3, -0.25) is 4.79 Å². The van der Waals surface area contributed by atoms with E-state index in [1.54, 1.807) is 6.92 Å². The summed E-state index contributed by atoms with van der Waals surface area (Å²) in [6, 6.07) is -0.757. The Balaban J connectivity index is 1.75. The Kier molecular flexibility index (Phi) is 5.90. The van der Waals surface area contributed by atoms with Crippen molar-refractivity contribution in [2.45, 2.75) is 45.1 Å². The SMILES string of the molecule is COC(=O)[C@H](C)NC(=O)c1cnc(N2CCCC2)c(OCC2CCC2)n1. The molecule has 1 aliphatic carbocycles. The van der Waals surface area contributed by atoms with E-state index < -0.39 is 17.9 Å². The molecular weight excluding hydrogens is 336 g/mol. The Morgan fingerprint density at radius 3 is 2.65 bits per heavy atom. The topological polar surface area (TPSA) is 93.6 Å². The number of hydrogen-bond acceptors (Lipinski definition) is 7. The van der Waals surface area contributed by atoms with Crippen molar-refractivity contribution in [3.8, 4) is 5.88 Å². The van der Waals surface area contributed by atoms with E-state index in [0.29, 0.717) is 24.2 Å². The molecule has 2 aliphatic rings. The van der Waals surface area contributed by atoms with Crippen LogP contribution in [0.1, 0.15) is 49.5 Å². The number of carbonyl (C=O) groups excluding carboxylic acids is 2. The minimum atomic E-state index is -0.757. The van der Waals surface area contributed by atoms with Gasteiger partial charge < -0.3 is 19.7 Å². The molecule has 2 fully saturated rings. The first kappa shape index (κ1) is 18.4. The summed E-state index contributed by atoms with van der Waals surface area (Å²) in [6.07, 6.45) is 7.24. The van der Waals surface area contributed by atoms with Crippen LogP contribution in [0.5, 0.6) is 5.88 Å². The summed E-state index contributed by atoms with van der Waals surface area (Å²) in [6.45, 7) is 3.99. The highest BCUT2D eigenvalue weighted by Gasteiger charge is 2.25. The van der Waals surface area contributed by atoms with Gasteiger partial charge in [0, 0.05) is 13.1 Å². The normalized spacial score (nSPS) is 18.2. The van der Waals surface area contributed by atoms with Crippen molar-refractivity contribution < 1.29 is 19.1 Å². The number of anilines is 1. The third-order valence-corrected chi connectivity index (χ3v) is 4.94. The zero-order chi connectivity index (χ0) is 18.5. The van der Waals surface area contributed by atoms with Crippen LogP contribution in [0.3, 0.4) is 0 Å². The second-order valence-corrected chi connectivity index (χ2v) is 6.90. The van der Waals surface area contributed by atoms with Crippen molar-refractivity contribution in [2.24, 2.45) is 5.92 Å². The van der Waals surface area contributed by atoms with E-state index >= 15 is 0 Å². The van der Waals surface area contributed by atoms with Gasteiger partial charge in [-0.1, -0.05) is 6.42 Å². The van der Waals surface area contributed by atoms with E-state index in [2.05, 4.69) is 24.9 Å². The first-order valence-electron chi connectivity index (χ1n) is 9.22. The number of nitrogens with zero attached hydrogens (tertiary/aromatic N) is 3. The van der Waals surface area contributed by atoms with Gasteiger partial charge in [0.05, 0.1) is 19.9 Å². The molecule has 1 aromatic rings. The van der Waals surface area contributed by atoms with Crippen LogP contribution in [0, 0.1) is 5.92 Å². The predicted molar refractivity (Wildman–Crippen MR) is 95.3 cm³/mol. The Labute approximate surface area is 153 Å². The van der Waals surface area contributed by atoms with Gasteiger partial charge in [0.2, 0.25) is 0 Å². The Morgan fingerprint density at radius 1 is 1.31 bits per heavy atom. The lowest BCUT2D eigenvalue weighted by Crippen LogP contribution is -2.39. The summed E-state index contributed by atoms with van der Waals surface area (Å²) in [5.74, 6) is 0.662. The summed E-state index contributed by atoms with van der Waals surface area (Å²) in [5, 5.41) is 2.57. The highest BCUT2D eigenvalue weighted by atomic mass is 16.5. The summed E-state index contributed by atoms with van der Waals surface area (Å²) in [7, 11) is 1.28. The molecule has 8 nitrogen and oxygen atoms in total. The molecular formula is C18H26N4O4. The van der Waals surface area contributed by atoms with E-state index in [0.717, 1.165) is 25.9 Å². The van der Waals surface area contributed by atoms with E-state index in [9.17, 15) is 9.59 Å². The number of hydrogen-bond donors (Lipinski definition) is 1. The lowest BCUT2D eigenvalue weighted by Gasteiger charge is -2.26. The average molecular weight is 362 g/mol. The number of ether oxygens (including phenoxy) is 2. The lowest BCUT2D eigenvalue weighted by atomic mass is 9.86. The number of aromatic nitrogens is 2. The fourth-order valence-corrected chi connectivity index (χ4v) is 3.08. The molecule has 1 amide bonds. The molecule has 1 N–H and O–H groups in total. The van der Waals surface area contributed by atoms with Crippen molar-refractivity contribution in [1.82, 2.24) is 15.3 Å². The van der Waals surface area contributed by atoms with Gasteiger partial charge in [-0.25, -0.2) is 14.8 Å². The van der Waals surface area contributed by atoms with Crippen LogP contribution in [0.25, 0.3) is 0 Å². The Morgan fingerprint density at radius 2 is 2.04 bits per heavy atom. The van der Waals surface area contributed by atoms with Crippen molar-refractivity contribution in [3.63, 3.8) is 0 Å². The van der Waals surface area contributed by atoms with E-state index in [-0.39, 0.29) is 5.69 Å². The van der Waals surface area contributed by atoms with E-state index in [1.807, 2.05) is 0 Å². The molecule has 8 heteroatoms. The summed E-state index contributed by atoms with van der Waals surface area (Å²) in [4.78, 5) is 34.8. The number of rotatable bonds is 7. The molecule has 1 saturated heterocycles. The molecule has 26 heavy (non-hydrogen) atoms. The molecule has 2 heterocycles. The second-order valence-electron chi connectivity index (χ2n) is 6.90. The van der Waals surface area contributed by atoms with Gasteiger partial charge in [0.25, 0.3) is 11.8 Å². The first-order valence-corrected chi connectivity index (χ1v) is 9.22. The van der Waals surface area contributed by atoms with Gasteiger partial charge in [-0.2, -0.15) is 0 Å². The first-order chi connectivity index (χ1) is 12.6. The van der Waals surface area contributed by atoms with Crippen LogP contribution in [-0.2, 0) is 9.53 Å². The average Bonchev–Trinajstić information content (AvgIpc) is 3.13. The van der Waals surface area contributed by atoms with Gasteiger partial charge >= 0.3 is 5.97 Å². The molecule has 1 atom stereocenters. The molecule has 0 bridgehead atoms. The van der Waals surface area contributed by atoms with E-state index in [1.165, 1.54) is 32.6 Å². The largest absolute Gasteiger partial charge is 0.475 e. The molecule has 1 aliphatic heterocycles. The quantitative estimate of drug-likeness (QED) is 0.736. The number of nitrogens with one attached hydrogen (secondary N) is 1. The molecule has 3 rings (SSSR count). The summed E-state index contributed by atoms with van der Waals surface area (Å²) < 4.78 is 10.6. The van der Waals surface area contributed by atoms with Gasteiger partial charge in [-0.15, -0.1) is 0 Å². The number of amides is 1. The lowest BCUT2D eigenvalue weighted by molar-refractivity contribution is -0.142. The highest BCUT2D eigenvalue weighted by Crippen LogP contribution is 2.30. The van der Waals surface area contributed by atoms with Crippen LogP contribution in [0.4, 0.5) is 5.82 Å². The maximum atomic E-state index is 12.4. The highest BCUT2D eigenvalue weighted by molar-refractivity contribution is 5.95. The van der Waals surface area contributed by atoms with Crippen LogP contribution in [-0.4, -0.2) is 54.7 Å². The monoisotopic (exact) mass is 362 g/mol. The third kappa shape index (κ3) is 4.23. The fraction of sp³-hybridized carbons (Fsp3) is 0.667. The zero-order valence-corrected chi connectivity index (χ0v) is 15.4. The summed E-state index contributed by atoms with van der Waals surface area (Å²) >= 11 is 0. The molecule has 1 aromatic heterocycles. The van der Waals surface area contributed by atoms with Crippen molar-refractivity contribution in [3.05, 3.63) is 11.9 Å². The predicted octanol–water partition coefficient (Wildman–Crippen LogP) is 1.55. The molecule has 0 unspecified atom stereocenters. The molecule has 0 aromatic carbocycles. The molecule has 0 spiro atoms. The maximum absolute atomic E-state index is 12.4. The Bertz CT molecular complexity index is 657. The van der Waals surface area contributed by atoms with Gasteiger partial charge in [0.15, 0.2) is 11.5 Å². The Hall–Kier alpha value is -2.38. The molecule has 142 valence electrons. The van der Waals surface area contributed by atoms with Crippen LogP contribution in [0.2, 0.25) is 0 Å². The number of carbonyl (C=O) groups is 2. The zero-order valence-electron chi connectivity index (χ0n) is 15.4. The van der Waals surface area contributed by atoms with Crippen molar-refractivity contribution in [2.75, 3.05) is 31.7 Å². The maximum Gasteiger partial charge on any atom is 0.328 e. The van der Waals surface area contributed by atoms with Gasteiger partial charge in [0.1, 0.15) is 6.04 Å². The smallest absolute Gasteiger partial charge is 0.328 e. The van der Waals surface area contributed by atoms with Gasteiger partial charge in [-0.05, 0) is 38.5 Å². The third-order valence-electron chi connectivity index (χ3n) is 4.94. The van der Waals surface area contributed by atoms with Crippen LogP contribution in [0.15, 0.2) is 6.20 Å². The summed E-state index contributed by atoms with van der Waals surface area (Å²) in [5.41, 5.74) is 0.132. The van der Waals surface area contributed by atoms with Crippen molar-refractivity contribution >= 4 is 17.7 Å². The fourth-order valence-electron chi connectivity index (χ4n) is 3.08. The number of esters is 1. The van der Waals surface area contributed by atoms with E-state index in [4.69, 9.17) is 4.74 Å². The van der Waals surface area contributed by atoms with Crippen LogP contribution >= 0.6 is 0 Å². The van der Waals surface area contributed by atoms with Crippen molar-refractivity contribution in [1.29, 1.82) is 0 Å². The molecule has 1 saturated carbocycles. The van der Waals surface area contributed by atoms with Crippen LogP contribution < -0.4 is 15.0 Å². The molecule has 0 radical (unpaired) electrons. The minimum Gasteiger partial charge on any atom is -0.475 e.